The van der Waals surface area contributed by atoms with Gasteiger partial charge in [0.2, 0.25) is 11.8 Å². The number of hydrogen-bond acceptors (Lipinski definition) is 8. The summed E-state index contributed by atoms with van der Waals surface area (Å²) in [5.74, 6) is 1.94. The first kappa shape index (κ1) is 41.4. The van der Waals surface area contributed by atoms with Gasteiger partial charge in [0.05, 0.1) is 17.8 Å². The highest BCUT2D eigenvalue weighted by Crippen LogP contribution is 2.39. The third kappa shape index (κ3) is 10.5. The van der Waals surface area contributed by atoms with Gasteiger partial charge in [0.25, 0.3) is 17.7 Å². The van der Waals surface area contributed by atoms with Gasteiger partial charge in [-0.15, -0.1) is 0 Å². The summed E-state index contributed by atoms with van der Waals surface area (Å²) in [7, 11) is 0. The summed E-state index contributed by atoms with van der Waals surface area (Å²) in [6, 6.07) is 10.5. The number of nitrogens with one attached hydrogen (secondary N) is 2. The zero-order valence-corrected chi connectivity index (χ0v) is 31.6. The molecule has 5 N–H and O–H groups in total. The molecule has 296 valence electrons. The molecular formula is C41H47F2N7O6. The molecule has 4 atom stereocenters. The van der Waals surface area contributed by atoms with Crippen LogP contribution in [0.5, 0.6) is 0 Å². The van der Waals surface area contributed by atoms with Crippen molar-refractivity contribution in [2.45, 2.75) is 71.1 Å². The highest BCUT2D eigenvalue weighted by atomic mass is 19.1. The van der Waals surface area contributed by atoms with Crippen LogP contribution in [0.4, 0.5) is 8.78 Å². The van der Waals surface area contributed by atoms with Crippen LogP contribution >= 0.6 is 0 Å². The fourth-order valence-electron chi connectivity index (χ4n) is 6.97. The van der Waals surface area contributed by atoms with Gasteiger partial charge in [-0.2, -0.15) is 0 Å². The van der Waals surface area contributed by atoms with E-state index in [1.807, 2.05) is 51.1 Å². The third-order valence-corrected chi connectivity index (χ3v) is 9.75. The molecule has 2 aromatic carbocycles. The Morgan fingerprint density at radius 2 is 1.79 bits per heavy atom. The van der Waals surface area contributed by atoms with Crippen LogP contribution in [-0.2, 0) is 30.5 Å². The first-order chi connectivity index (χ1) is 26.6. The Kier molecular flexibility index (Phi) is 13.5. The van der Waals surface area contributed by atoms with Crippen molar-refractivity contribution < 1.29 is 37.9 Å². The van der Waals surface area contributed by atoms with E-state index in [-0.39, 0.29) is 49.3 Å². The molecule has 1 aliphatic carbocycles. The summed E-state index contributed by atoms with van der Waals surface area (Å²) in [5, 5.41) is 15.6. The highest BCUT2D eigenvalue weighted by Gasteiger charge is 2.39. The fraction of sp³-hybridized carbons (Fsp3) is 0.415. The molecule has 13 nitrogen and oxygen atoms in total. The summed E-state index contributed by atoms with van der Waals surface area (Å²) in [6.45, 7) is 5.24. The summed E-state index contributed by atoms with van der Waals surface area (Å²) >= 11 is 0. The van der Waals surface area contributed by atoms with Crippen molar-refractivity contribution in [2.75, 3.05) is 26.2 Å². The molecule has 0 saturated heterocycles. The second kappa shape index (κ2) is 18.3. The van der Waals surface area contributed by atoms with E-state index in [0.29, 0.717) is 31.6 Å². The molecule has 2 heterocycles. The predicted octanol–water partition coefficient (Wildman–Crippen LogP) is 2.83. The van der Waals surface area contributed by atoms with Gasteiger partial charge in [0.15, 0.2) is 0 Å². The van der Waals surface area contributed by atoms with Gasteiger partial charge >= 0.3 is 0 Å². The number of nitrogens with zero attached hydrogens (tertiary/aromatic N) is 4. The van der Waals surface area contributed by atoms with Crippen LogP contribution in [0.3, 0.4) is 0 Å². The van der Waals surface area contributed by atoms with Gasteiger partial charge in [0, 0.05) is 62.1 Å². The van der Waals surface area contributed by atoms with Crippen LogP contribution in [0.25, 0.3) is 11.3 Å². The van der Waals surface area contributed by atoms with E-state index in [2.05, 4.69) is 22.5 Å². The standard InChI is InChI=1S/C41H47F2N7O6/c1-41(2,3)38(39-47-33(30-22-28(42)11-13-31(30)43)24-48(39)23-27-7-5-4-6-8-27)50(37(55)25-51)19-17-32(44)40(56)46-29-12-9-26(21-29)10-14-34(52)45-18-20-49-35(53)15-16-36(49)54/h4-8,11,13,15-16,22,24,26,29,32,38,51H,9,12,17-21,23,25,44H2,1-3H3,(H,45,52)(H,46,56)/t26-,29+,32-,38-/m0/s1. The SMILES string of the molecule is CC(C)(C)[C@H](c1nc(-c2cc(F)ccc2F)cn1Cc1ccccc1)N(CC[C@H](N)C(=O)N[C@@H]1CC[C@@H](C#CC(=O)NCCN2C(=O)C=CC2=O)C1)C(=O)CO. The number of aliphatic hydroxyl groups excluding tert-OH is 1. The average Bonchev–Trinajstić information content (AvgIpc) is 3.88. The molecule has 0 bridgehead atoms. The summed E-state index contributed by atoms with van der Waals surface area (Å²) < 4.78 is 31.1. The molecule has 0 radical (unpaired) electrons. The molecule has 3 aromatic rings. The minimum atomic E-state index is -1.02. The van der Waals surface area contributed by atoms with Gasteiger partial charge in [-0.05, 0) is 60.8 Å². The van der Waals surface area contributed by atoms with Crippen LogP contribution < -0.4 is 16.4 Å². The number of imide groups is 1. The van der Waals surface area contributed by atoms with Crippen molar-refractivity contribution in [3.05, 3.63) is 89.9 Å². The number of amides is 5. The Bertz CT molecular complexity index is 2020. The quantitative estimate of drug-likeness (QED) is 0.143. The van der Waals surface area contributed by atoms with Crippen LogP contribution in [0, 0.1) is 34.8 Å². The van der Waals surface area contributed by atoms with E-state index >= 15 is 4.39 Å². The maximum atomic E-state index is 15.0. The van der Waals surface area contributed by atoms with Crippen molar-refractivity contribution in [2.24, 2.45) is 17.1 Å². The highest BCUT2D eigenvalue weighted by molar-refractivity contribution is 6.12. The third-order valence-electron chi connectivity index (χ3n) is 9.75. The molecule has 1 saturated carbocycles. The molecular weight excluding hydrogens is 724 g/mol. The van der Waals surface area contributed by atoms with Crippen LogP contribution in [0.15, 0.2) is 66.9 Å². The minimum Gasteiger partial charge on any atom is -0.387 e. The second-order valence-corrected chi connectivity index (χ2v) is 15.0. The summed E-state index contributed by atoms with van der Waals surface area (Å²) in [5.41, 5.74) is 6.70. The summed E-state index contributed by atoms with van der Waals surface area (Å²) in [6.07, 6.45) is 5.76. The Labute approximate surface area is 324 Å². The van der Waals surface area contributed by atoms with Crippen molar-refractivity contribution in [1.29, 1.82) is 0 Å². The lowest BCUT2D eigenvalue weighted by Crippen LogP contribution is -2.49. The zero-order valence-electron chi connectivity index (χ0n) is 31.6. The number of carbonyl (C=O) groups excluding carboxylic acids is 5. The molecule has 15 heteroatoms. The van der Waals surface area contributed by atoms with Crippen molar-refractivity contribution in [3.63, 3.8) is 0 Å². The molecule has 0 spiro atoms. The minimum absolute atomic E-state index is 0.0256. The molecule has 5 rings (SSSR count). The van der Waals surface area contributed by atoms with E-state index < -0.39 is 65.3 Å². The average molecular weight is 772 g/mol. The smallest absolute Gasteiger partial charge is 0.295 e. The lowest BCUT2D eigenvalue weighted by molar-refractivity contribution is -0.140. The number of nitrogens with two attached hydrogens (primary N) is 1. The van der Waals surface area contributed by atoms with Crippen LogP contribution in [-0.4, -0.2) is 92.3 Å². The van der Waals surface area contributed by atoms with E-state index in [9.17, 15) is 33.5 Å². The van der Waals surface area contributed by atoms with Gasteiger partial charge in [-0.3, -0.25) is 28.9 Å². The zero-order chi connectivity index (χ0) is 40.6. The van der Waals surface area contributed by atoms with Crippen molar-refractivity contribution in [1.82, 2.24) is 30.0 Å². The Balaban J connectivity index is 1.25. The Morgan fingerprint density at radius 1 is 1.07 bits per heavy atom. The number of rotatable bonds is 14. The Morgan fingerprint density at radius 3 is 2.46 bits per heavy atom. The van der Waals surface area contributed by atoms with Crippen molar-refractivity contribution >= 4 is 29.5 Å². The lowest BCUT2D eigenvalue weighted by atomic mass is 9.84. The predicted molar refractivity (Wildman–Crippen MR) is 203 cm³/mol. The monoisotopic (exact) mass is 771 g/mol. The first-order valence-electron chi connectivity index (χ1n) is 18.5. The van der Waals surface area contributed by atoms with E-state index in [1.165, 1.54) is 17.1 Å². The number of benzene rings is 2. The normalized spacial score (nSPS) is 17.7. The number of halogens is 2. The van der Waals surface area contributed by atoms with Crippen LogP contribution in [0.1, 0.15) is 63.9 Å². The summed E-state index contributed by atoms with van der Waals surface area (Å²) in [4.78, 5) is 69.5. The van der Waals surface area contributed by atoms with Gasteiger partial charge < -0.3 is 30.9 Å². The largest absolute Gasteiger partial charge is 0.387 e. The molecule has 56 heavy (non-hydrogen) atoms. The number of imidazole rings is 1. The van der Waals surface area contributed by atoms with E-state index in [0.717, 1.165) is 28.7 Å². The maximum absolute atomic E-state index is 15.0. The lowest BCUT2D eigenvalue weighted by Gasteiger charge is -2.40. The Hall–Kier alpha value is -5.72. The van der Waals surface area contributed by atoms with Crippen molar-refractivity contribution in [3.8, 4) is 23.1 Å². The molecule has 1 aromatic heterocycles. The van der Waals surface area contributed by atoms with Gasteiger partial charge in [0.1, 0.15) is 24.1 Å². The molecule has 0 unspecified atom stereocenters. The fourth-order valence-corrected chi connectivity index (χ4v) is 6.97. The van der Waals surface area contributed by atoms with Gasteiger partial charge in [-0.1, -0.05) is 57.0 Å². The number of aromatic nitrogens is 2. The van der Waals surface area contributed by atoms with Crippen LogP contribution in [0.2, 0.25) is 0 Å². The molecule has 1 aliphatic heterocycles. The maximum Gasteiger partial charge on any atom is 0.295 e. The topological polar surface area (TPSA) is 180 Å². The number of aliphatic hydroxyl groups is 1. The van der Waals surface area contributed by atoms with E-state index in [1.54, 1.807) is 10.8 Å². The molecule has 1 fully saturated rings. The molecule has 5 amide bonds. The van der Waals surface area contributed by atoms with E-state index in [4.69, 9.17) is 10.7 Å². The molecule has 2 aliphatic rings. The number of hydrogen-bond donors (Lipinski definition) is 4. The first-order valence-corrected chi connectivity index (χ1v) is 18.5. The van der Waals surface area contributed by atoms with Gasteiger partial charge in [-0.25, -0.2) is 13.8 Å². The second-order valence-electron chi connectivity index (χ2n) is 15.0. The number of carbonyl (C=O) groups is 5.